The van der Waals surface area contributed by atoms with Crippen molar-refractivity contribution in [1.29, 1.82) is 0 Å². The molecule has 0 aromatic heterocycles. The first-order valence-corrected chi connectivity index (χ1v) is 12.7. The van der Waals surface area contributed by atoms with Gasteiger partial charge in [-0.05, 0) is 72.4 Å². The van der Waals surface area contributed by atoms with Gasteiger partial charge in [0, 0.05) is 12.0 Å². The summed E-state index contributed by atoms with van der Waals surface area (Å²) in [5, 5.41) is 0. The number of halogens is 3. The van der Waals surface area contributed by atoms with Crippen LogP contribution in [-0.4, -0.2) is 24.3 Å². The predicted octanol–water partition coefficient (Wildman–Crippen LogP) is 8.33. The Morgan fingerprint density at radius 3 is 1.67 bits per heavy atom. The second-order valence-electron chi connectivity index (χ2n) is 9.75. The Bertz CT molecular complexity index is 650. The van der Waals surface area contributed by atoms with Gasteiger partial charge in [-0.3, -0.25) is 0 Å². The first-order valence-electron chi connectivity index (χ1n) is 12.7. The molecule has 1 rings (SSSR count). The zero-order valence-corrected chi connectivity index (χ0v) is 21.7. The maximum absolute atomic E-state index is 14.3. The lowest BCUT2D eigenvalue weighted by Gasteiger charge is -2.43. The second kappa shape index (κ2) is 15.0. The molecule has 3 nitrogen and oxygen atoms in total. The lowest BCUT2D eigenvalue weighted by atomic mass is 9.90. The summed E-state index contributed by atoms with van der Waals surface area (Å²) >= 11 is 0. The van der Waals surface area contributed by atoms with Crippen molar-refractivity contribution in [3.05, 3.63) is 35.1 Å². The molecule has 0 saturated heterocycles. The summed E-state index contributed by atoms with van der Waals surface area (Å²) in [4.78, 5) is 0. The van der Waals surface area contributed by atoms with E-state index in [1.54, 1.807) is 0 Å². The predicted molar refractivity (Wildman–Crippen MR) is 128 cm³/mol. The van der Waals surface area contributed by atoms with Gasteiger partial charge in [-0.15, -0.1) is 0 Å². The van der Waals surface area contributed by atoms with Crippen LogP contribution in [0.3, 0.4) is 0 Å². The summed E-state index contributed by atoms with van der Waals surface area (Å²) in [5.41, 5.74) is 0.148. The summed E-state index contributed by atoms with van der Waals surface area (Å²) in [6.07, 6.45) is 7.82. The molecule has 0 aliphatic rings. The lowest BCUT2D eigenvalue weighted by Crippen LogP contribution is -2.51. The van der Waals surface area contributed by atoms with Crippen LogP contribution in [0.1, 0.15) is 105 Å². The summed E-state index contributed by atoms with van der Waals surface area (Å²) in [7, 11) is 0. The van der Waals surface area contributed by atoms with Crippen molar-refractivity contribution in [2.45, 2.75) is 131 Å². The van der Waals surface area contributed by atoms with Gasteiger partial charge in [-0.1, -0.05) is 45.4 Å². The average molecular weight is 475 g/mol. The first-order chi connectivity index (χ1) is 15.5. The second-order valence-corrected chi connectivity index (χ2v) is 9.75. The van der Waals surface area contributed by atoms with E-state index in [0.29, 0.717) is 12.5 Å². The minimum absolute atomic E-state index is 0.148. The topological polar surface area (TPSA) is 27.7 Å². The SMILES string of the molecule is CCCCCCCCC(CCc1cc(F)c(F)cc1F)C(OC(C)C)(OC(C)C)OC(C)C. The standard InChI is InChI=1S/C27H45F3O3/c1-8-9-10-11-12-13-14-23(16-15-22-17-25(29)26(30)18-24(22)28)27(31-19(2)3,32-20(4)5)33-21(6)7/h17-21,23H,8-16H2,1-7H3. The van der Waals surface area contributed by atoms with Crippen LogP contribution in [0.15, 0.2) is 12.1 Å². The molecular weight excluding hydrogens is 429 g/mol. The highest BCUT2D eigenvalue weighted by atomic mass is 19.2. The lowest BCUT2D eigenvalue weighted by molar-refractivity contribution is -0.433. The number of hydrogen-bond donors (Lipinski definition) is 0. The van der Waals surface area contributed by atoms with Crippen molar-refractivity contribution in [3.63, 3.8) is 0 Å². The molecule has 0 aliphatic heterocycles. The average Bonchev–Trinajstić information content (AvgIpc) is 2.68. The Morgan fingerprint density at radius 1 is 0.667 bits per heavy atom. The molecule has 0 fully saturated rings. The molecule has 0 heterocycles. The van der Waals surface area contributed by atoms with E-state index in [4.69, 9.17) is 14.2 Å². The fourth-order valence-corrected chi connectivity index (χ4v) is 4.11. The molecule has 1 unspecified atom stereocenters. The molecule has 1 aromatic carbocycles. The fourth-order valence-electron chi connectivity index (χ4n) is 4.11. The Labute approximate surface area is 199 Å². The van der Waals surface area contributed by atoms with Crippen LogP contribution in [-0.2, 0) is 20.6 Å². The van der Waals surface area contributed by atoms with Crippen molar-refractivity contribution in [3.8, 4) is 0 Å². The van der Waals surface area contributed by atoms with Crippen LogP contribution in [0.2, 0.25) is 0 Å². The van der Waals surface area contributed by atoms with Gasteiger partial charge < -0.3 is 14.2 Å². The largest absolute Gasteiger partial charge is 0.324 e. The van der Waals surface area contributed by atoms with Gasteiger partial charge in [-0.25, -0.2) is 13.2 Å². The molecule has 6 heteroatoms. The minimum Gasteiger partial charge on any atom is -0.324 e. The van der Waals surface area contributed by atoms with Gasteiger partial charge in [-0.2, -0.15) is 0 Å². The van der Waals surface area contributed by atoms with Crippen LogP contribution in [0.4, 0.5) is 13.2 Å². The third kappa shape index (κ3) is 10.8. The van der Waals surface area contributed by atoms with Gasteiger partial charge in [0.05, 0.1) is 18.3 Å². The van der Waals surface area contributed by atoms with Crippen LogP contribution in [0, 0.1) is 23.4 Å². The highest BCUT2D eigenvalue weighted by Gasteiger charge is 2.44. The molecule has 33 heavy (non-hydrogen) atoms. The quantitative estimate of drug-likeness (QED) is 0.129. The molecule has 0 amide bonds. The van der Waals surface area contributed by atoms with Crippen molar-refractivity contribution >= 4 is 0 Å². The normalized spacial score (nSPS) is 13.5. The molecule has 0 saturated carbocycles. The number of aryl methyl sites for hydroxylation is 1. The van der Waals surface area contributed by atoms with E-state index < -0.39 is 23.4 Å². The summed E-state index contributed by atoms with van der Waals surface area (Å²) in [6, 6.07) is 1.56. The van der Waals surface area contributed by atoms with E-state index >= 15 is 0 Å². The zero-order valence-electron chi connectivity index (χ0n) is 21.7. The van der Waals surface area contributed by atoms with E-state index in [1.165, 1.54) is 19.3 Å². The molecule has 1 atom stereocenters. The van der Waals surface area contributed by atoms with Crippen molar-refractivity contribution in [2.75, 3.05) is 0 Å². The Morgan fingerprint density at radius 2 is 1.15 bits per heavy atom. The van der Waals surface area contributed by atoms with Gasteiger partial charge in [0.15, 0.2) is 11.6 Å². The smallest absolute Gasteiger partial charge is 0.286 e. The van der Waals surface area contributed by atoms with Gasteiger partial charge in [0.1, 0.15) is 5.82 Å². The van der Waals surface area contributed by atoms with Gasteiger partial charge >= 0.3 is 0 Å². The number of unbranched alkanes of at least 4 members (excludes halogenated alkanes) is 5. The Kier molecular flexibility index (Phi) is 13.6. The number of ether oxygens (including phenoxy) is 3. The van der Waals surface area contributed by atoms with E-state index in [0.717, 1.165) is 31.7 Å². The van der Waals surface area contributed by atoms with Crippen LogP contribution in [0.5, 0.6) is 0 Å². The summed E-state index contributed by atoms with van der Waals surface area (Å²) in [6.45, 7) is 13.8. The van der Waals surface area contributed by atoms with Crippen molar-refractivity contribution in [2.24, 2.45) is 5.92 Å². The molecule has 0 spiro atoms. The summed E-state index contributed by atoms with van der Waals surface area (Å²) < 4.78 is 60.4. The fraction of sp³-hybridized carbons (Fsp3) is 0.778. The third-order valence-corrected chi connectivity index (χ3v) is 5.46. The monoisotopic (exact) mass is 474 g/mol. The zero-order chi connectivity index (χ0) is 25.0. The number of hydrogen-bond acceptors (Lipinski definition) is 3. The minimum atomic E-state index is -1.30. The molecule has 0 bridgehead atoms. The highest BCUT2D eigenvalue weighted by Crippen LogP contribution is 2.37. The van der Waals surface area contributed by atoms with Crippen LogP contribution in [0.25, 0.3) is 0 Å². The Balaban J connectivity index is 3.16. The van der Waals surface area contributed by atoms with E-state index in [-0.39, 0.29) is 36.2 Å². The third-order valence-electron chi connectivity index (χ3n) is 5.46. The van der Waals surface area contributed by atoms with Crippen LogP contribution < -0.4 is 0 Å². The van der Waals surface area contributed by atoms with E-state index in [2.05, 4.69) is 6.92 Å². The van der Waals surface area contributed by atoms with Gasteiger partial charge in [0.25, 0.3) is 5.97 Å². The van der Waals surface area contributed by atoms with E-state index in [9.17, 15) is 13.2 Å². The first kappa shape index (κ1) is 29.9. The molecular formula is C27H45F3O3. The van der Waals surface area contributed by atoms with Crippen molar-refractivity contribution < 1.29 is 27.4 Å². The maximum atomic E-state index is 14.3. The molecule has 0 N–H and O–H groups in total. The van der Waals surface area contributed by atoms with Crippen LogP contribution >= 0.6 is 0 Å². The van der Waals surface area contributed by atoms with Gasteiger partial charge in [0.2, 0.25) is 0 Å². The maximum Gasteiger partial charge on any atom is 0.286 e. The number of benzene rings is 1. The van der Waals surface area contributed by atoms with Crippen molar-refractivity contribution in [1.82, 2.24) is 0 Å². The molecule has 0 aliphatic carbocycles. The molecule has 1 aromatic rings. The summed E-state index contributed by atoms with van der Waals surface area (Å²) in [5.74, 6) is -4.46. The van der Waals surface area contributed by atoms with E-state index in [1.807, 2.05) is 41.5 Å². The molecule has 0 radical (unpaired) electrons. The highest BCUT2D eigenvalue weighted by molar-refractivity contribution is 5.20. The molecule has 192 valence electrons. The number of rotatable bonds is 17. The Hall–Kier alpha value is -1.11.